The second-order valence-electron chi connectivity index (χ2n) is 9.32. The molecule has 2 aromatic heterocycles. The standard InChI is InChI=1S/C30H30N2O5/c1-5-24-19(3)29(22-10-6-7-11-25(22)31-24)30(34)36-17-26(33)23-14-18(2)32(20(23)4)15-21-16-35-27-12-8-9-13-28(27)37-21/h6-14,21H,5,15-17H2,1-4H3. The molecule has 7 nitrogen and oxygen atoms in total. The van der Waals surface area contributed by atoms with Crippen molar-refractivity contribution in [1.29, 1.82) is 0 Å². The lowest BCUT2D eigenvalue weighted by molar-refractivity contribution is 0.0475. The third-order valence-corrected chi connectivity index (χ3v) is 6.94. The first kappa shape index (κ1) is 24.6. The van der Waals surface area contributed by atoms with E-state index in [0.29, 0.717) is 30.7 Å². The zero-order valence-electron chi connectivity index (χ0n) is 21.5. The summed E-state index contributed by atoms with van der Waals surface area (Å²) in [6.07, 6.45) is 0.514. The zero-order valence-corrected chi connectivity index (χ0v) is 21.5. The number of rotatable bonds is 7. The largest absolute Gasteiger partial charge is 0.486 e. The molecule has 37 heavy (non-hydrogen) atoms. The van der Waals surface area contributed by atoms with Gasteiger partial charge in [0.05, 0.1) is 17.6 Å². The Hall–Kier alpha value is -4.13. The molecule has 0 saturated carbocycles. The first-order valence-corrected chi connectivity index (χ1v) is 12.5. The van der Waals surface area contributed by atoms with Crippen molar-refractivity contribution in [2.45, 2.75) is 46.8 Å². The third-order valence-electron chi connectivity index (χ3n) is 6.94. The van der Waals surface area contributed by atoms with E-state index in [1.165, 1.54) is 0 Å². The maximum absolute atomic E-state index is 13.2. The summed E-state index contributed by atoms with van der Waals surface area (Å²) >= 11 is 0. The number of nitrogens with zero attached hydrogens (tertiary/aromatic N) is 2. The van der Waals surface area contributed by atoms with Crippen LogP contribution in [-0.4, -0.2) is 40.6 Å². The van der Waals surface area contributed by atoms with E-state index in [1.54, 1.807) is 0 Å². The SMILES string of the molecule is CCc1nc2ccccc2c(C(=O)OCC(=O)c2cc(C)n(CC3COc4ccccc4O3)c2C)c1C. The Balaban J connectivity index is 1.31. The number of carbonyl (C=O) groups is 2. The third kappa shape index (κ3) is 4.69. The highest BCUT2D eigenvalue weighted by Gasteiger charge is 2.25. The first-order chi connectivity index (χ1) is 17.9. The fourth-order valence-corrected chi connectivity index (χ4v) is 4.97. The van der Waals surface area contributed by atoms with Crippen LogP contribution in [0.1, 0.15) is 50.3 Å². The molecule has 1 aliphatic rings. The van der Waals surface area contributed by atoms with Crippen LogP contribution in [0.4, 0.5) is 0 Å². The van der Waals surface area contributed by atoms with Gasteiger partial charge in [-0.05, 0) is 57.0 Å². The number of hydrogen-bond acceptors (Lipinski definition) is 6. The van der Waals surface area contributed by atoms with E-state index < -0.39 is 5.97 Å². The Morgan fingerprint density at radius 1 is 1.05 bits per heavy atom. The second-order valence-corrected chi connectivity index (χ2v) is 9.32. The van der Waals surface area contributed by atoms with Gasteiger partial charge in [0.2, 0.25) is 5.78 Å². The van der Waals surface area contributed by atoms with Crippen LogP contribution in [0.3, 0.4) is 0 Å². The molecule has 0 amide bonds. The minimum Gasteiger partial charge on any atom is -0.486 e. The summed E-state index contributed by atoms with van der Waals surface area (Å²) in [5.41, 5.74) is 5.11. The normalized spacial score (nSPS) is 14.5. The summed E-state index contributed by atoms with van der Waals surface area (Å²) in [5.74, 6) is 0.695. The molecule has 0 saturated heterocycles. The summed E-state index contributed by atoms with van der Waals surface area (Å²) in [6, 6.07) is 16.9. The van der Waals surface area contributed by atoms with Crippen LogP contribution < -0.4 is 9.47 Å². The van der Waals surface area contributed by atoms with E-state index >= 15 is 0 Å². The van der Waals surface area contributed by atoms with E-state index in [0.717, 1.165) is 45.0 Å². The average molecular weight is 499 g/mol. The fourth-order valence-electron chi connectivity index (χ4n) is 4.97. The Labute approximate surface area is 216 Å². The molecule has 4 aromatic rings. The molecular weight excluding hydrogens is 468 g/mol. The van der Waals surface area contributed by atoms with Crippen molar-refractivity contribution in [3.63, 3.8) is 0 Å². The predicted molar refractivity (Wildman–Crippen MR) is 141 cm³/mol. The van der Waals surface area contributed by atoms with Gasteiger partial charge in [-0.1, -0.05) is 37.3 Å². The number of carbonyl (C=O) groups excluding carboxylic acids is 2. The maximum atomic E-state index is 13.2. The molecule has 5 rings (SSSR count). The number of ether oxygens (including phenoxy) is 3. The minimum atomic E-state index is -0.514. The number of Topliss-reactive ketones (excluding diaryl/α,β-unsaturated/α-hetero) is 1. The molecule has 3 heterocycles. The Bertz CT molecular complexity index is 1500. The Kier molecular flexibility index (Phi) is 6.70. The second kappa shape index (κ2) is 10.1. The molecular formula is C30H30N2O5. The van der Waals surface area contributed by atoms with Gasteiger partial charge in [-0.2, -0.15) is 0 Å². The maximum Gasteiger partial charge on any atom is 0.339 e. The van der Waals surface area contributed by atoms with Crippen LogP contribution in [-0.2, 0) is 17.7 Å². The van der Waals surface area contributed by atoms with Gasteiger partial charge in [0.25, 0.3) is 0 Å². The van der Waals surface area contributed by atoms with Gasteiger partial charge in [0.15, 0.2) is 24.2 Å². The average Bonchev–Trinajstić information content (AvgIpc) is 3.19. The Morgan fingerprint density at radius 3 is 2.57 bits per heavy atom. The number of hydrogen-bond donors (Lipinski definition) is 0. The summed E-state index contributed by atoms with van der Waals surface area (Å²) in [7, 11) is 0. The predicted octanol–water partition coefficient (Wildman–Crippen LogP) is 5.40. The smallest absolute Gasteiger partial charge is 0.339 e. The molecule has 1 unspecified atom stereocenters. The molecule has 0 spiro atoms. The minimum absolute atomic E-state index is 0.184. The highest BCUT2D eigenvalue weighted by atomic mass is 16.6. The van der Waals surface area contributed by atoms with E-state index in [9.17, 15) is 9.59 Å². The van der Waals surface area contributed by atoms with Crippen LogP contribution in [0.5, 0.6) is 11.5 Å². The van der Waals surface area contributed by atoms with Crippen molar-refractivity contribution in [3.8, 4) is 11.5 Å². The van der Waals surface area contributed by atoms with E-state index in [4.69, 9.17) is 14.2 Å². The van der Waals surface area contributed by atoms with Crippen LogP contribution in [0.2, 0.25) is 0 Å². The summed E-state index contributed by atoms with van der Waals surface area (Å²) in [5, 5.41) is 0.726. The van der Waals surface area contributed by atoms with Crippen molar-refractivity contribution in [1.82, 2.24) is 9.55 Å². The lowest BCUT2D eigenvalue weighted by atomic mass is 10.0. The molecule has 1 atom stereocenters. The van der Waals surface area contributed by atoms with Crippen molar-refractivity contribution in [3.05, 3.63) is 88.4 Å². The van der Waals surface area contributed by atoms with Gasteiger partial charge in [0, 0.05) is 28.0 Å². The molecule has 0 fully saturated rings. The monoisotopic (exact) mass is 498 g/mol. The molecule has 1 aliphatic heterocycles. The van der Waals surface area contributed by atoms with Gasteiger partial charge in [-0.3, -0.25) is 9.78 Å². The number of ketones is 1. The van der Waals surface area contributed by atoms with Crippen LogP contribution in [0, 0.1) is 20.8 Å². The van der Waals surface area contributed by atoms with Crippen molar-refractivity contribution < 1.29 is 23.8 Å². The number of aromatic nitrogens is 2. The summed E-state index contributed by atoms with van der Waals surface area (Å²) in [4.78, 5) is 31.0. The number of esters is 1. The van der Waals surface area contributed by atoms with Crippen LogP contribution in [0.15, 0.2) is 54.6 Å². The lowest BCUT2D eigenvalue weighted by Crippen LogP contribution is -2.33. The number of pyridine rings is 1. The van der Waals surface area contributed by atoms with Gasteiger partial charge >= 0.3 is 5.97 Å². The topological polar surface area (TPSA) is 79.7 Å². The lowest BCUT2D eigenvalue weighted by Gasteiger charge is -2.27. The number of para-hydroxylation sites is 3. The quantitative estimate of drug-likeness (QED) is 0.251. The molecule has 0 bridgehead atoms. The van der Waals surface area contributed by atoms with E-state index in [2.05, 4.69) is 4.98 Å². The van der Waals surface area contributed by atoms with Crippen molar-refractivity contribution >= 4 is 22.7 Å². The molecule has 7 heteroatoms. The number of fused-ring (bicyclic) bond motifs is 2. The zero-order chi connectivity index (χ0) is 26.1. The number of aryl methyl sites for hydroxylation is 2. The van der Waals surface area contributed by atoms with Crippen LogP contribution >= 0.6 is 0 Å². The molecule has 0 radical (unpaired) electrons. The highest BCUT2D eigenvalue weighted by Crippen LogP contribution is 2.32. The van der Waals surface area contributed by atoms with Gasteiger partial charge in [-0.25, -0.2) is 4.79 Å². The van der Waals surface area contributed by atoms with Gasteiger partial charge in [0.1, 0.15) is 6.61 Å². The summed E-state index contributed by atoms with van der Waals surface area (Å²) in [6.45, 7) is 8.35. The van der Waals surface area contributed by atoms with Crippen molar-refractivity contribution in [2.24, 2.45) is 0 Å². The number of benzene rings is 2. The Morgan fingerprint density at radius 2 is 1.78 bits per heavy atom. The molecule has 0 aliphatic carbocycles. The van der Waals surface area contributed by atoms with E-state index in [-0.39, 0.29) is 18.5 Å². The van der Waals surface area contributed by atoms with E-state index in [1.807, 2.05) is 86.9 Å². The summed E-state index contributed by atoms with van der Waals surface area (Å²) < 4.78 is 19.5. The molecule has 2 aromatic carbocycles. The first-order valence-electron chi connectivity index (χ1n) is 12.5. The highest BCUT2D eigenvalue weighted by molar-refractivity contribution is 6.06. The van der Waals surface area contributed by atoms with Crippen molar-refractivity contribution in [2.75, 3.05) is 13.2 Å². The fraction of sp³-hybridized carbons (Fsp3) is 0.300. The van der Waals surface area contributed by atoms with Gasteiger partial charge in [-0.15, -0.1) is 0 Å². The van der Waals surface area contributed by atoms with Crippen LogP contribution in [0.25, 0.3) is 10.9 Å². The molecule has 0 N–H and O–H groups in total. The van der Waals surface area contributed by atoms with Gasteiger partial charge < -0.3 is 18.8 Å². The molecule has 190 valence electrons.